The highest BCUT2D eigenvalue weighted by molar-refractivity contribution is 8.00. The predicted molar refractivity (Wildman–Crippen MR) is 132 cm³/mol. The Morgan fingerprint density at radius 2 is 1.55 bits per heavy atom. The van der Waals surface area contributed by atoms with E-state index in [9.17, 15) is 9.59 Å². The van der Waals surface area contributed by atoms with Crippen LogP contribution in [-0.4, -0.2) is 50.0 Å². The van der Waals surface area contributed by atoms with Crippen molar-refractivity contribution in [3.05, 3.63) is 89.7 Å². The molecule has 0 radical (unpaired) electrons. The molecule has 33 heavy (non-hydrogen) atoms. The molecule has 3 atom stereocenters. The van der Waals surface area contributed by atoms with Crippen LogP contribution in [0.15, 0.2) is 78.5 Å². The lowest BCUT2D eigenvalue weighted by Crippen LogP contribution is -2.41. The fourth-order valence-corrected chi connectivity index (χ4v) is 6.54. The van der Waals surface area contributed by atoms with E-state index in [-0.39, 0.29) is 29.8 Å². The maximum Gasteiger partial charge on any atom is 0.321 e. The Hall–Kier alpha value is -2.95. The second-order valence-electron chi connectivity index (χ2n) is 8.62. The standard InChI is InChI=1S/C27H30N2O3S/c1-2-22(15-9-10-16-24(30)31)26-25-23(19-33-26)28(17-20-11-5-3-6-12-20)27(32)29(25)18-21-13-7-4-8-14-21/h3-8,11-14,23,25-26H,1,9-10,15-19H2,(H,30,31). The van der Waals surface area contributed by atoms with E-state index in [2.05, 4.69) is 36.6 Å². The van der Waals surface area contributed by atoms with Gasteiger partial charge in [-0.25, -0.2) is 4.79 Å². The van der Waals surface area contributed by atoms with Crippen LogP contribution in [0.2, 0.25) is 0 Å². The van der Waals surface area contributed by atoms with Crippen LogP contribution in [0.1, 0.15) is 36.8 Å². The molecule has 2 aromatic carbocycles. The number of amides is 2. The van der Waals surface area contributed by atoms with Gasteiger partial charge in [-0.15, -0.1) is 17.5 Å². The highest BCUT2D eigenvalue weighted by Gasteiger charge is 2.53. The van der Waals surface area contributed by atoms with E-state index >= 15 is 0 Å². The third-order valence-electron chi connectivity index (χ3n) is 6.45. The molecule has 0 aromatic heterocycles. The summed E-state index contributed by atoms with van der Waals surface area (Å²) in [7, 11) is 0. The average Bonchev–Trinajstić information content (AvgIpc) is 3.35. The quantitative estimate of drug-likeness (QED) is 0.294. The second kappa shape index (κ2) is 10.8. The number of benzene rings is 2. The van der Waals surface area contributed by atoms with Crippen LogP contribution in [-0.2, 0) is 17.9 Å². The largest absolute Gasteiger partial charge is 0.481 e. The first kappa shape index (κ1) is 23.2. The fraction of sp³-hybridized carbons (Fsp3) is 0.370. The van der Waals surface area contributed by atoms with Crippen molar-refractivity contribution >= 4 is 23.8 Å². The first-order valence-electron chi connectivity index (χ1n) is 11.5. The predicted octanol–water partition coefficient (Wildman–Crippen LogP) is 5.33. The van der Waals surface area contributed by atoms with Crippen LogP contribution in [0.5, 0.6) is 0 Å². The van der Waals surface area contributed by atoms with E-state index in [4.69, 9.17) is 5.11 Å². The smallest absolute Gasteiger partial charge is 0.321 e. The number of fused-ring (bicyclic) bond motifs is 1. The van der Waals surface area contributed by atoms with Gasteiger partial charge in [0.1, 0.15) is 0 Å². The molecule has 0 saturated carbocycles. The monoisotopic (exact) mass is 462 g/mol. The maximum atomic E-state index is 13.7. The Morgan fingerprint density at radius 3 is 2.12 bits per heavy atom. The molecule has 0 bridgehead atoms. The van der Waals surface area contributed by atoms with Gasteiger partial charge in [-0.3, -0.25) is 4.79 Å². The number of urea groups is 1. The summed E-state index contributed by atoms with van der Waals surface area (Å²) in [6.45, 7) is 5.12. The summed E-state index contributed by atoms with van der Waals surface area (Å²) in [5, 5.41) is 9.07. The van der Waals surface area contributed by atoms with E-state index in [1.807, 2.05) is 58.0 Å². The number of carbonyl (C=O) groups is 2. The number of nitrogens with zero attached hydrogens (tertiary/aromatic N) is 2. The first-order valence-corrected chi connectivity index (χ1v) is 12.5. The summed E-state index contributed by atoms with van der Waals surface area (Å²) >= 11 is 1.87. The Bertz CT molecular complexity index is 1020. The third kappa shape index (κ3) is 5.35. The molecule has 2 fully saturated rings. The normalized spacial score (nSPS) is 21.7. The van der Waals surface area contributed by atoms with Crippen molar-refractivity contribution in [1.29, 1.82) is 0 Å². The lowest BCUT2D eigenvalue weighted by Gasteiger charge is -2.28. The SMILES string of the molecule is C=C=C(CCCCC(=O)O)C1SCC2C1N(Cc1ccccc1)C(=O)N2Cc1ccccc1. The topological polar surface area (TPSA) is 60.9 Å². The van der Waals surface area contributed by atoms with Crippen LogP contribution < -0.4 is 0 Å². The van der Waals surface area contributed by atoms with Gasteiger partial charge in [-0.1, -0.05) is 67.2 Å². The van der Waals surface area contributed by atoms with Gasteiger partial charge in [-0.2, -0.15) is 0 Å². The van der Waals surface area contributed by atoms with Crippen molar-refractivity contribution in [1.82, 2.24) is 9.80 Å². The minimum absolute atomic E-state index is 0.0511. The van der Waals surface area contributed by atoms with Gasteiger partial charge >= 0.3 is 12.0 Å². The summed E-state index contributed by atoms with van der Waals surface area (Å²) < 4.78 is 0. The molecule has 2 aromatic rings. The summed E-state index contributed by atoms with van der Waals surface area (Å²) in [5.41, 5.74) is 6.50. The molecule has 2 aliphatic heterocycles. The third-order valence-corrected chi connectivity index (χ3v) is 7.91. The highest BCUT2D eigenvalue weighted by atomic mass is 32.2. The fourth-order valence-electron chi connectivity index (χ4n) is 4.83. The van der Waals surface area contributed by atoms with Gasteiger partial charge in [-0.05, 0) is 36.0 Å². The second-order valence-corrected chi connectivity index (χ2v) is 9.80. The zero-order valence-electron chi connectivity index (χ0n) is 18.7. The van der Waals surface area contributed by atoms with Crippen molar-refractivity contribution in [2.24, 2.45) is 0 Å². The zero-order valence-corrected chi connectivity index (χ0v) is 19.5. The van der Waals surface area contributed by atoms with Gasteiger partial charge in [0.05, 0.1) is 17.3 Å². The molecule has 0 spiro atoms. The molecule has 5 nitrogen and oxygen atoms in total. The summed E-state index contributed by atoms with van der Waals surface area (Å²) in [6, 6.07) is 20.5. The number of carboxylic acids is 1. The molecule has 6 heteroatoms. The number of carboxylic acid groups (broad SMARTS) is 1. The molecule has 172 valence electrons. The molecule has 1 N–H and O–H groups in total. The van der Waals surface area contributed by atoms with Crippen LogP contribution in [0.25, 0.3) is 0 Å². The van der Waals surface area contributed by atoms with Crippen molar-refractivity contribution in [2.45, 2.75) is 56.1 Å². The summed E-state index contributed by atoms with van der Waals surface area (Å²) in [6.07, 6.45) is 2.37. The van der Waals surface area contributed by atoms with Crippen LogP contribution in [0.4, 0.5) is 4.79 Å². The van der Waals surface area contributed by atoms with E-state index in [0.29, 0.717) is 19.5 Å². The van der Waals surface area contributed by atoms with Crippen LogP contribution >= 0.6 is 11.8 Å². The van der Waals surface area contributed by atoms with Crippen LogP contribution in [0.3, 0.4) is 0 Å². The number of rotatable bonds is 10. The lowest BCUT2D eigenvalue weighted by atomic mass is 9.96. The number of carbonyl (C=O) groups excluding carboxylic acids is 1. The zero-order chi connectivity index (χ0) is 23.2. The van der Waals surface area contributed by atoms with Gasteiger partial charge < -0.3 is 14.9 Å². The minimum Gasteiger partial charge on any atom is -0.481 e. The Labute approximate surface area is 199 Å². The van der Waals surface area contributed by atoms with Crippen molar-refractivity contribution < 1.29 is 14.7 Å². The van der Waals surface area contributed by atoms with Gasteiger partial charge in [0.2, 0.25) is 0 Å². The number of unbranched alkanes of at least 4 members (excludes halogenated alkanes) is 1. The van der Waals surface area contributed by atoms with E-state index in [1.165, 1.54) is 0 Å². The Kier molecular flexibility index (Phi) is 7.58. The van der Waals surface area contributed by atoms with Gasteiger partial charge in [0, 0.05) is 25.3 Å². The molecule has 2 heterocycles. The number of thioether (sulfide) groups is 1. The molecule has 2 saturated heterocycles. The van der Waals surface area contributed by atoms with Crippen molar-refractivity contribution in [2.75, 3.05) is 5.75 Å². The van der Waals surface area contributed by atoms with Gasteiger partial charge in [0.15, 0.2) is 0 Å². The highest BCUT2D eigenvalue weighted by Crippen LogP contribution is 2.44. The molecule has 3 unspecified atom stereocenters. The van der Waals surface area contributed by atoms with E-state index in [1.54, 1.807) is 0 Å². The van der Waals surface area contributed by atoms with Crippen molar-refractivity contribution in [3.8, 4) is 0 Å². The average molecular weight is 463 g/mol. The van der Waals surface area contributed by atoms with Crippen LogP contribution in [0, 0.1) is 0 Å². The molecular formula is C27H30N2O3S. The molecular weight excluding hydrogens is 432 g/mol. The number of hydrogen-bond acceptors (Lipinski definition) is 3. The Morgan fingerprint density at radius 1 is 0.970 bits per heavy atom. The number of aliphatic carboxylic acids is 1. The van der Waals surface area contributed by atoms with E-state index in [0.717, 1.165) is 35.3 Å². The summed E-state index contributed by atoms with van der Waals surface area (Å²) in [5.74, 6) is 0.112. The van der Waals surface area contributed by atoms with E-state index < -0.39 is 5.97 Å². The minimum atomic E-state index is -0.763. The van der Waals surface area contributed by atoms with Crippen molar-refractivity contribution in [3.63, 3.8) is 0 Å². The Balaban J connectivity index is 1.56. The molecule has 0 aliphatic carbocycles. The maximum absolute atomic E-state index is 13.7. The first-order chi connectivity index (χ1) is 16.1. The summed E-state index contributed by atoms with van der Waals surface area (Å²) in [4.78, 5) is 28.6. The lowest BCUT2D eigenvalue weighted by molar-refractivity contribution is -0.137. The number of hydrogen-bond donors (Lipinski definition) is 1. The van der Waals surface area contributed by atoms with Gasteiger partial charge in [0.25, 0.3) is 0 Å². The molecule has 4 rings (SSSR count). The molecule has 2 amide bonds. The molecule has 2 aliphatic rings.